The van der Waals surface area contributed by atoms with Gasteiger partial charge in [-0.05, 0) is 26.8 Å². The molecule has 0 saturated heterocycles. The van der Waals surface area contributed by atoms with Crippen molar-refractivity contribution < 1.29 is 4.79 Å². The van der Waals surface area contributed by atoms with Crippen LogP contribution in [-0.4, -0.2) is 25.9 Å². The van der Waals surface area contributed by atoms with Gasteiger partial charge in [-0.1, -0.05) is 23.4 Å². The molecule has 0 aliphatic heterocycles. The molecule has 0 fully saturated rings. The third-order valence-electron chi connectivity index (χ3n) is 3.64. The Bertz CT molecular complexity index is 815. The topological polar surface area (TPSA) is 75.6 Å². The van der Waals surface area contributed by atoms with Gasteiger partial charge >= 0.3 is 0 Å². The number of hydrogen-bond acceptors (Lipinski definition) is 3. The molecular weight excluding hydrogens is 278 g/mol. The van der Waals surface area contributed by atoms with Crippen LogP contribution in [0.4, 0.5) is 0 Å². The summed E-state index contributed by atoms with van der Waals surface area (Å²) < 4.78 is 1.78. The molecule has 114 valence electrons. The lowest BCUT2D eigenvalue weighted by molar-refractivity contribution is 0.0951. The summed E-state index contributed by atoms with van der Waals surface area (Å²) in [6, 6.07) is 8.05. The Kier molecular flexibility index (Phi) is 3.66. The second-order valence-corrected chi connectivity index (χ2v) is 5.64. The molecule has 2 N–H and O–H groups in total. The van der Waals surface area contributed by atoms with Crippen LogP contribution in [-0.2, 0) is 6.54 Å². The molecule has 22 heavy (non-hydrogen) atoms. The van der Waals surface area contributed by atoms with Crippen LogP contribution >= 0.6 is 0 Å². The lowest BCUT2D eigenvalue weighted by Gasteiger charge is -2.04. The number of fused-ring (bicyclic) bond motifs is 1. The Labute approximate surface area is 128 Å². The van der Waals surface area contributed by atoms with E-state index >= 15 is 0 Å². The molecule has 0 atom stereocenters. The van der Waals surface area contributed by atoms with Crippen molar-refractivity contribution in [2.45, 2.75) is 33.4 Å². The highest BCUT2D eigenvalue weighted by molar-refractivity contribution is 6.08. The number of nitrogens with one attached hydrogen (secondary N) is 2. The molecule has 0 aliphatic rings. The number of carbonyl (C=O) groups is 1. The fourth-order valence-corrected chi connectivity index (χ4v) is 2.48. The predicted molar refractivity (Wildman–Crippen MR) is 84.6 cm³/mol. The quantitative estimate of drug-likeness (QED) is 0.777. The molecule has 3 rings (SSSR count). The van der Waals surface area contributed by atoms with E-state index in [0.717, 1.165) is 22.3 Å². The van der Waals surface area contributed by atoms with Crippen LogP contribution in [0.15, 0.2) is 30.5 Å². The minimum Gasteiger partial charge on any atom is -0.358 e. The maximum absolute atomic E-state index is 12.5. The van der Waals surface area contributed by atoms with Gasteiger partial charge in [0, 0.05) is 22.6 Å². The third-order valence-corrected chi connectivity index (χ3v) is 3.64. The molecule has 2 aromatic heterocycles. The average Bonchev–Trinajstić information content (AvgIpc) is 3.08. The van der Waals surface area contributed by atoms with Crippen molar-refractivity contribution in [1.82, 2.24) is 25.3 Å². The van der Waals surface area contributed by atoms with Crippen LogP contribution in [0, 0.1) is 6.92 Å². The number of rotatable bonds is 4. The van der Waals surface area contributed by atoms with Gasteiger partial charge in [0.2, 0.25) is 0 Å². The number of hydrogen-bond donors (Lipinski definition) is 2. The van der Waals surface area contributed by atoms with Crippen LogP contribution < -0.4 is 5.32 Å². The van der Waals surface area contributed by atoms with E-state index in [1.165, 1.54) is 0 Å². The third kappa shape index (κ3) is 2.59. The minimum atomic E-state index is -0.103. The van der Waals surface area contributed by atoms with E-state index in [1.54, 1.807) is 4.68 Å². The molecule has 0 radical (unpaired) electrons. The van der Waals surface area contributed by atoms with E-state index < -0.39 is 0 Å². The molecule has 0 spiro atoms. The number of nitrogens with zero attached hydrogens (tertiary/aromatic N) is 3. The molecule has 6 nitrogen and oxygen atoms in total. The van der Waals surface area contributed by atoms with Crippen LogP contribution in [0.2, 0.25) is 0 Å². The first-order valence-electron chi connectivity index (χ1n) is 7.32. The highest BCUT2D eigenvalue weighted by atomic mass is 16.1. The average molecular weight is 297 g/mol. The van der Waals surface area contributed by atoms with Crippen molar-refractivity contribution in [3.05, 3.63) is 47.4 Å². The highest BCUT2D eigenvalue weighted by Crippen LogP contribution is 2.21. The Balaban J connectivity index is 1.77. The Morgan fingerprint density at radius 1 is 1.36 bits per heavy atom. The SMILES string of the molecule is Cc1[nH]c2ccccc2c1C(=O)NCc1cn(C(C)C)nn1. The van der Waals surface area contributed by atoms with Gasteiger partial charge in [-0.2, -0.15) is 0 Å². The summed E-state index contributed by atoms with van der Waals surface area (Å²) >= 11 is 0. The van der Waals surface area contributed by atoms with Crippen molar-refractivity contribution in [3.63, 3.8) is 0 Å². The molecule has 1 aromatic carbocycles. The van der Waals surface area contributed by atoms with Gasteiger partial charge < -0.3 is 10.3 Å². The monoisotopic (exact) mass is 297 g/mol. The Morgan fingerprint density at radius 3 is 2.86 bits per heavy atom. The molecule has 3 aromatic rings. The number of aromatic amines is 1. The van der Waals surface area contributed by atoms with Crippen LogP contribution in [0.5, 0.6) is 0 Å². The number of para-hydroxylation sites is 1. The van der Waals surface area contributed by atoms with Gasteiger partial charge in [-0.25, -0.2) is 4.68 Å². The van der Waals surface area contributed by atoms with E-state index in [4.69, 9.17) is 0 Å². The second-order valence-electron chi connectivity index (χ2n) is 5.64. The first kappa shape index (κ1) is 14.3. The molecule has 0 aliphatic carbocycles. The van der Waals surface area contributed by atoms with E-state index in [0.29, 0.717) is 12.1 Å². The summed E-state index contributed by atoms with van der Waals surface area (Å²) in [5, 5.41) is 11.9. The van der Waals surface area contributed by atoms with E-state index in [1.807, 2.05) is 51.2 Å². The van der Waals surface area contributed by atoms with Crippen molar-refractivity contribution in [3.8, 4) is 0 Å². The Morgan fingerprint density at radius 2 is 2.14 bits per heavy atom. The van der Waals surface area contributed by atoms with Gasteiger partial charge in [0.1, 0.15) is 5.69 Å². The highest BCUT2D eigenvalue weighted by Gasteiger charge is 2.15. The van der Waals surface area contributed by atoms with Gasteiger partial charge in [-0.15, -0.1) is 5.10 Å². The summed E-state index contributed by atoms with van der Waals surface area (Å²) in [6.45, 7) is 6.34. The first-order valence-corrected chi connectivity index (χ1v) is 7.32. The standard InChI is InChI=1S/C16H19N5O/c1-10(2)21-9-12(19-20-21)8-17-16(22)15-11(3)18-14-7-5-4-6-13(14)15/h4-7,9-10,18H,8H2,1-3H3,(H,17,22). The molecule has 0 saturated carbocycles. The smallest absolute Gasteiger partial charge is 0.254 e. The summed E-state index contributed by atoms with van der Waals surface area (Å²) in [5.41, 5.74) is 3.27. The zero-order valence-electron chi connectivity index (χ0n) is 12.9. The second kappa shape index (κ2) is 5.63. The fraction of sp³-hybridized carbons (Fsp3) is 0.312. The van der Waals surface area contributed by atoms with Crippen molar-refractivity contribution >= 4 is 16.8 Å². The predicted octanol–water partition coefficient (Wildman–Crippen LogP) is 2.58. The van der Waals surface area contributed by atoms with Gasteiger partial charge in [0.25, 0.3) is 5.91 Å². The summed E-state index contributed by atoms with van der Waals surface area (Å²) in [5.74, 6) is -0.103. The number of benzene rings is 1. The van der Waals surface area contributed by atoms with Crippen molar-refractivity contribution in [2.75, 3.05) is 0 Å². The lowest BCUT2D eigenvalue weighted by Crippen LogP contribution is -2.23. The number of amides is 1. The fourth-order valence-electron chi connectivity index (χ4n) is 2.48. The summed E-state index contributed by atoms with van der Waals surface area (Å²) in [6.07, 6.45) is 1.85. The van der Waals surface area contributed by atoms with Gasteiger partial charge in [-0.3, -0.25) is 4.79 Å². The Hall–Kier alpha value is -2.63. The summed E-state index contributed by atoms with van der Waals surface area (Å²) in [7, 11) is 0. The zero-order valence-corrected chi connectivity index (χ0v) is 12.9. The zero-order chi connectivity index (χ0) is 15.7. The molecule has 2 heterocycles. The van der Waals surface area contributed by atoms with E-state index in [-0.39, 0.29) is 11.9 Å². The first-order chi connectivity index (χ1) is 10.6. The normalized spacial score (nSPS) is 11.3. The summed E-state index contributed by atoms with van der Waals surface area (Å²) in [4.78, 5) is 15.7. The van der Waals surface area contributed by atoms with Crippen molar-refractivity contribution in [1.29, 1.82) is 0 Å². The van der Waals surface area contributed by atoms with E-state index in [2.05, 4.69) is 20.6 Å². The van der Waals surface area contributed by atoms with Gasteiger partial charge in [0.05, 0.1) is 18.3 Å². The maximum atomic E-state index is 12.5. The molecule has 0 bridgehead atoms. The van der Waals surface area contributed by atoms with E-state index in [9.17, 15) is 4.79 Å². The number of carbonyl (C=O) groups excluding carboxylic acids is 1. The number of H-pyrrole nitrogens is 1. The van der Waals surface area contributed by atoms with Gasteiger partial charge in [0.15, 0.2) is 0 Å². The van der Waals surface area contributed by atoms with Crippen molar-refractivity contribution in [2.24, 2.45) is 0 Å². The number of aryl methyl sites for hydroxylation is 1. The lowest BCUT2D eigenvalue weighted by atomic mass is 10.1. The number of aromatic nitrogens is 4. The molecule has 6 heteroatoms. The molecular formula is C16H19N5O. The van der Waals surface area contributed by atoms with Crippen LogP contribution in [0.3, 0.4) is 0 Å². The molecule has 1 amide bonds. The largest absolute Gasteiger partial charge is 0.358 e. The maximum Gasteiger partial charge on any atom is 0.254 e. The molecule has 0 unspecified atom stereocenters. The van der Waals surface area contributed by atoms with Crippen LogP contribution in [0.1, 0.15) is 41.6 Å². The minimum absolute atomic E-state index is 0.103. The van der Waals surface area contributed by atoms with Crippen LogP contribution in [0.25, 0.3) is 10.9 Å².